The molecule has 2 nitrogen and oxygen atoms in total. The topological polar surface area (TPSA) is 30.2 Å². The van der Waals surface area contributed by atoms with Crippen LogP contribution in [-0.4, -0.2) is 6.29 Å². The lowest BCUT2D eigenvalue weighted by Gasteiger charge is -1.90. The Kier molecular flexibility index (Phi) is 2.26. The number of furan rings is 1. The summed E-state index contributed by atoms with van der Waals surface area (Å²) < 4.78 is 5.06. The van der Waals surface area contributed by atoms with Gasteiger partial charge in [-0.05, 0) is 12.5 Å². The SMILES string of the molecule is CCCc1occc1C=O. The first-order valence-electron chi connectivity index (χ1n) is 3.40. The molecule has 0 unspecified atom stereocenters. The van der Waals surface area contributed by atoms with Crippen LogP contribution >= 0.6 is 0 Å². The van der Waals surface area contributed by atoms with Gasteiger partial charge in [0.05, 0.1) is 11.8 Å². The van der Waals surface area contributed by atoms with E-state index in [-0.39, 0.29) is 0 Å². The highest BCUT2D eigenvalue weighted by Gasteiger charge is 2.01. The standard InChI is InChI=1S/C8H10O2/c1-2-3-8-7(6-9)4-5-10-8/h4-6H,2-3H2,1H3. The van der Waals surface area contributed by atoms with Crippen molar-refractivity contribution in [3.05, 3.63) is 23.7 Å². The number of hydrogen-bond acceptors (Lipinski definition) is 2. The number of carbonyl (C=O) groups is 1. The highest BCUT2D eigenvalue weighted by atomic mass is 16.3. The first-order chi connectivity index (χ1) is 4.88. The fourth-order valence-corrected chi connectivity index (χ4v) is 0.886. The molecule has 0 bridgehead atoms. The van der Waals surface area contributed by atoms with Crippen LogP contribution in [0.3, 0.4) is 0 Å². The molecule has 0 radical (unpaired) electrons. The number of hydrogen-bond donors (Lipinski definition) is 0. The van der Waals surface area contributed by atoms with Crippen LogP contribution in [-0.2, 0) is 6.42 Å². The maximum absolute atomic E-state index is 10.3. The molecule has 0 amide bonds. The van der Waals surface area contributed by atoms with Crippen LogP contribution < -0.4 is 0 Å². The number of carbonyl (C=O) groups excluding carboxylic acids is 1. The monoisotopic (exact) mass is 138 g/mol. The molecule has 0 N–H and O–H groups in total. The molecular formula is C8H10O2. The Morgan fingerprint density at radius 3 is 3.10 bits per heavy atom. The molecule has 1 aromatic heterocycles. The Morgan fingerprint density at radius 2 is 2.50 bits per heavy atom. The molecule has 2 heteroatoms. The van der Waals surface area contributed by atoms with Crippen molar-refractivity contribution in [2.24, 2.45) is 0 Å². The van der Waals surface area contributed by atoms with Crippen LogP contribution in [0.4, 0.5) is 0 Å². The van der Waals surface area contributed by atoms with Crippen LogP contribution in [0.1, 0.15) is 29.5 Å². The van der Waals surface area contributed by atoms with Crippen molar-refractivity contribution in [2.75, 3.05) is 0 Å². The van der Waals surface area contributed by atoms with Gasteiger partial charge in [0.1, 0.15) is 5.76 Å². The van der Waals surface area contributed by atoms with Gasteiger partial charge in [-0.3, -0.25) is 4.79 Å². The smallest absolute Gasteiger partial charge is 0.153 e. The van der Waals surface area contributed by atoms with E-state index in [1.165, 1.54) is 0 Å². The Hall–Kier alpha value is -1.05. The van der Waals surface area contributed by atoms with Crippen LogP contribution in [0.2, 0.25) is 0 Å². The van der Waals surface area contributed by atoms with Crippen molar-refractivity contribution in [1.29, 1.82) is 0 Å². The normalized spacial score (nSPS) is 9.70. The van der Waals surface area contributed by atoms with E-state index in [0.29, 0.717) is 5.56 Å². The zero-order valence-corrected chi connectivity index (χ0v) is 5.96. The quantitative estimate of drug-likeness (QED) is 0.598. The van der Waals surface area contributed by atoms with Gasteiger partial charge in [0.25, 0.3) is 0 Å². The van der Waals surface area contributed by atoms with Crippen molar-refractivity contribution in [3.63, 3.8) is 0 Å². The Balaban J connectivity index is 2.79. The maximum atomic E-state index is 10.3. The van der Waals surface area contributed by atoms with Crippen molar-refractivity contribution in [2.45, 2.75) is 19.8 Å². The van der Waals surface area contributed by atoms with E-state index in [0.717, 1.165) is 24.9 Å². The zero-order valence-electron chi connectivity index (χ0n) is 5.96. The van der Waals surface area contributed by atoms with Gasteiger partial charge in [-0.25, -0.2) is 0 Å². The maximum Gasteiger partial charge on any atom is 0.153 e. The van der Waals surface area contributed by atoms with Gasteiger partial charge >= 0.3 is 0 Å². The molecule has 10 heavy (non-hydrogen) atoms. The predicted octanol–water partition coefficient (Wildman–Crippen LogP) is 2.04. The molecule has 0 fully saturated rings. The molecule has 0 aliphatic heterocycles. The third-order valence-corrected chi connectivity index (χ3v) is 1.38. The van der Waals surface area contributed by atoms with Crippen LogP contribution in [0, 0.1) is 0 Å². The molecular weight excluding hydrogens is 128 g/mol. The highest BCUT2D eigenvalue weighted by molar-refractivity contribution is 5.75. The van der Waals surface area contributed by atoms with Crippen LogP contribution in [0.25, 0.3) is 0 Å². The van der Waals surface area contributed by atoms with E-state index < -0.39 is 0 Å². The first kappa shape index (κ1) is 7.06. The lowest BCUT2D eigenvalue weighted by atomic mass is 10.2. The molecule has 1 heterocycles. The Labute approximate surface area is 59.8 Å². The molecule has 0 aromatic carbocycles. The number of aldehydes is 1. The summed E-state index contributed by atoms with van der Waals surface area (Å²) in [6.07, 6.45) is 4.23. The van der Waals surface area contributed by atoms with E-state index in [1.807, 2.05) is 0 Å². The average Bonchev–Trinajstić information content (AvgIpc) is 2.36. The van der Waals surface area contributed by atoms with Crippen LogP contribution in [0.5, 0.6) is 0 Å². The summed E-state index contributed by atoms with van der Waals surface area (Å²) in [5.41, 5.74) is 0.682. The van der Waals surface area contributed by atoms with Crippen molar-refractivity contribution in [3.8, 4) is 0 Å². The van der Waals surface area contributed by atoms with Gasteiger partial charge in [-0.15, -0.1) is 0 Å². The number of rotatable bonds is 3. The summed E-state index contributed by atoms with van der Waals surface area (Å²) in [4.78, 5) is 10.3. The van der Waals surface area contributed by atoms with Crippen LogP contribution in [0.15, 0.2) is 16.7 Å². The van der Waals surface area contributed by atoms with Gasteiger partial charge in [0, 0.05) is 6.42 Å². The fraction of sp³-hybridized carbons (Fsp3) is 0.375. The van der Waals surface area contributed by atoms with E-state index in [2.05, 4.69) is 6.92 Å². The average molecular weight is 138 g/mol. The second-order valence-electron chi connectivity index (χ2n) is 2.17. The van der Waals surface area contributed by atoms with Crippen molar-refractivity contribution < 1.29 is 9.21 Å². The second-order valence-corrected chi connectivity index (χ2v) is 2.17. The molecule has 0 saturated carbocycles. The van der Waals surface area contributed by atoms with Gasteiger partial charge in [0.15, 0.2) is 6.29 Å². The minimum Gasteiger partial charge on any atom is -0.469 e. The van der Waals surface area contributed by atoms with E-state index in [4.69, 9.17) is 4.42 Å². The summed E-state index contributed by atoms with van der Waals surface area (Å²) in [5.74, 6) is 0.803. The summed E-state index contributed by atoms with van der Waals surface area (Å²) in [6.45, 7) is 2.05. The molecule has 0 aliphatic carbocycles. The van der Waals surface area contributed by atoms with Gasteiger partial charge < -0.3 is 4.42 Å². The number of aryl methyl sites for hydroxylation is 1. The molecule has 0 atom stereocenters. The predicted molar refractivity (Wildman–Crippen MR) is 38.1 cm³/mol. The van der Waals surface area contributed by atoms with Crippen molar-refractivity contribution in [1.82, 2.24) is 0 Å². The third-order valence-electron chi connectivity index (χ3n) is 1.38. The molecule has 54 valence electrons. The molecule has 0 saturated heterocycles. The minimum atomic E-state index is 0.682. The molecule has 1 aromatic rings. The highest BCUT2D eigenvalue weighted by Crippen LogP contribution is 2.09. The molecule has 0 aliphatic rings. The Bertz CT molecular complexity index is 213. The largest absolute Gasteiger partial charge is 0.469 e. The molecule has 1 rings (SSSR count). The van der Waals surface area contributed by atoms with E-state index in [1.54, 1.807) is 12.3 Å². The van der Waals surface area contributed by atoms with Gasteiger partial charge in [0.2, 0.25) is 0 Å². The fourth-order valence-electron chi connectivity index (χ4n) is 0.886. The zero-order chi connectivity index (χ0) is 7.40. The van der Waals surface area contributed by atoms with Gasteiger partial charge in [-0.1, -0.05) is 6.92 Å². The lowest BCUT2D eigenvalue weighted by molar-refractivity contribution is 0.112. The third kappa shape index (κ3) is 1.26. The first-order valence-corrected chi connectivity index (χ1v) is 3.40. The van der Waals surface area contributed by atoms with E-state index >= 15 is 0 Å². The summed E-state index contributed by atoms with van der Waals surface area (Å²) in [6, 6.07) is 1.69. The Morgan fingerprint density at radius 1 is 1.70 bits per heavy atom. The summed E-state index contributed by atoms with van der Waals surface area (Å²) in [5, 5.41) is 0. The summed E-state index contributed by atoms with van der Waals surface area (Å²) in [7, 11) is 0. The minimum absolute atomic E-state index is 0.682. The summed E-state index contributed by atoms with van der Waals surface area (Å²) >= 11 is 0. The molecule has 0 spiro atoms. The van der Waals surface area contributed by atoms with Gasteiger partial charge in [-0.2, -0.15) is 0 Å². The second kappa shape index (κ2) is 3.20. The van der Waals surface area contributed by atoms with E-state index in [9.17, 15) is 4.79 Å². The van der Waals surface area contributed by atoms with Crippen molar-refractivity contribution >= 4 is 6.29 Å². The lowest BCUT2D eigenvalue weighted by Crippen LogP contribution is -1.84.